The van der Waals surface area contributed by atoms with E-state index in [0.29, 0.717) is 5.92 Å². The first-order valence-electron chi connectivity index (χ1n) is 6.94. The number of hydrogen-bond acceptors (Lipinski definition) is 2. The van der Waals surface area contributed by atoms with Crippen LogP contribution in [0, 0.1) is 5.92 Å². The van der Waals surface area contributed by atoms with E-state index in [1.807, 2.05) is 11.3 Å². The molecule has 19 heavy (non-hydrogen) atoms. The van der Waals surface area contributed by atoms with E-state index in [1.165, 1.54) is 36.3 Å². The van der Waals surface area contributed by atoms with Crippen molar-refractivity contribution < 1.29 is 0 Å². The summed E-state index contributed by atoms with van der Waals surface area (Å²) in [5.74, 6) is 1.55. The molecule has 0 bridgehead atoms. The van der Waals surface area contributed by atoms with E-state index in [0.717, 1.165) is 16.1 Å². The fourth-order valence-electron chi connectivity index (χ4n) is 2.91. The fraction of sp³-hybridized carbons (Fsp3) is 0.438. The van der Waals surface area contributed by atoms with Gasteiger partial charge in [-0.05, 0) is 30.9 Å². The number of benzene rings is 1. The Morgan fingerprint density at radius 3 is 3.00 bits per heavy atom. The molecule has 100 valence electrons. The summed E-state index contributed by atoms with van der Waals surface area (Å²) < 4.78 is 1.12. The smallest absolute Gasteiger partial charge is 0.0963 e. The minimum absolute atomic E-state index is 0.689. The molecule has 1 aliphatic rings. The van der Waals surface area contributed by atoms with Gasteiger partial charge in [0.1, 0.15) is 0 Å². The summed E-state index contributed by atoms with van der Waals surface area (Å²) >= 11 is 5.36. The molecule has 2 unspecified atom stereocenters. The Balaban J connectivity index is 1.83. The number of nitrogens with zero attached hydrogens (tertiary/aromatic N) is 1. The van der Waals surface area contributed by atoms with Gasteiger partial charge in [-0.1, -0.05) is 47.8 Å². The molecule has 1 aromatic heterocycles. The molecule has 0 amide bonds. The van der Waals surface area contributed by atoms with E-state index in [9.17, 15) is 0 Å². The Hall–Kier alpha value is -0.670. The maximum Gasteiger partial charge on any atom is 0.0963 e. The van der Waals surface area contributed by atoms with Gasteiger partial charge in [-0.3, -0.25) is 0 Å². The van der Waals surface area contributed by atoms with E-state index in [1.54, 1.807) is 0 Å². The first kappa shape index (κ1) is 13.3. The molecular formula is C16H18BrNS. The molecule has 0 aliphatic heterocycles. The van der Waals surface area contributed by atoms with Crippen LogP contribution in [0.1, 0.15) is 43.5 Å². The molecule has 0 spiro atoms. The number of aromatic nitrogens is 1. The number of rotatable bonds is 2. The minimum atomic E-state index is 0.689. The van der Waals surface area contributed by atoms with Gasteiger partial charge in [0.2, 0.25) is 0 Å². The average molecular weight is 336 g/mol. The van der Waals surface area contributed by atoms with Crippen LogP contribution in [-0.2, 0) is 0 Å². The molecule has 0 N–H and O–H groups in total. The zero-order valence-electron chi connectivity index (χ0n) is 11.1. The zero-order valence-corrected chi connectivity index (χ0v) is 13.5. The van der Waals surface area contributed by atoms with Crippen molar-refractivity contribution in [2.24, 2.45) is 5.92 Å². The van der Waals surface area contributed by atoms with E-state index < -0.39 is 0 Å². The number of thiazole rings is 1. The summed E-state index contributed by atoms with van der Waals surface area (Å²) in [6.07, 6.45) is 5.37. The van der Waals surface area contributed by atoms with E-state index in [4.69, 9.17) is 4.98 Å². The van der Waals surface area contributed by atoms with Gasteiger partial charge in [0.05, 0.1) is 10.7 Å². The van der Waals surface area contributed by atoms with Gasteiger partial charge in [-0.2, -0.15) is 0 Å². The van der Waals surface area contributed by atoms with Crippen molar-refractivity contribution in [3.05, 3.63) is 39.1 Å². The van der Waals surface area contributed by atoms with Crippen LogP contribution in [0.5, 0.6) is 0 Å². The lowest BCUT2D eigenvalue weighted by atomic mass is 9.83. The van der Waals surface area contributed by atoms with Gasteiger partial charge < -0.3 is 0 Å². The summed E-state index contributed by atoms with van der Waals surface area (Å²) in [7, 11) is 0. The van der Waals surface area contributed by atoms with E-state index in [-0.39, 0.29) is 0 Å². The highest BCUT2D eigenvalue weighted by atomic mass is 79.9. The van der Waals surface area contributed by atoms with Crippen LogP contribution in [0.3, 0.4) is 0 Å². The minimum Gasteiger partial charge on any atom is -0.241 e. The number of hydrogen-bond donors (Lipinski definition) is 0. The Labute approximate surface area is 127 Å². The SMILES string of the molecule is CC1CCCC(c2nc(-c3cccc(Br)c3)cs2)C1. The predicted octanol–water partition coefficient (Wildman–Crippen LogP) is 5.87. The molecule has 3 heteroatoms. The zero-order chi connectivity index (χ0) is 13.2. The van der Waals surface area contributed by atoms with Crippen LogP contribution in [0.25, 0.3) is 11.3 Å². The Morgan fingerprint density at radius 2 is 2.21 bits per heavy atom. The summed E-state index contributed by atoms with van der Waals surface area (Å²) in [6, 6.07) is 8.40. The van der Waals surface area contributed by atoms with Crippen LogP contribution in [-0.4, -0.2) is 4.98 Å². The van der Waals surface area contributed by atoms with Crippen LogP contribution < -0.4 is 0 Å². The lowest BCUT2D eigenvalue weighted by Crippen LogP contribution is -2.11. The molecule has 0 saturated heterocycles. The van der Waals surface area contributed by atoms with E-state index >= 15 is 0 Å². The van der Waals surface area contributed by atoms with E-state index in [2.05, 4.69) is 52.5 Å². The van der Waals surface area contributed by atoms with Crippen LogP contribution in [0.4, 0.5) is 0 Å². The topological polar surface area (TPSA) is 12.9 Å². The molecular weight excluding hydrogens is 318 g/mol. The van der Waals surface area contributed by atoms with Crippen molar-refractivity contribution in [3.63, 3.8) is 0 Å². The van der Waals surface area contributed by atoms with Crippen LogP contribution >= 0.6 is 27.3 Å². The highest BCUT2D eigenvalue weighted by molar-refractivity contribution is 9.10. The van der Waals surface area contributed by atoms with Gasteiger partial charge in [0.25, 0.3) is 0 Å². The third-order valence-corrected chi connectivity index (χ3v) is 5.43. The number of halogens is 1. The van der Waals surface area contributed by atoms with Gasteiger partial charge >= 0.3 is 0 Å². The Morgan fingerprint density at radius 1 is 1.32 bits per heavy atom. The molecule has 2 aromatic rings. The third kappa shape index (κ3) is 3.09. The molecule has 1 saturated carbocycles. The van der Waals surface area contributed by atoms with Gasteiger partial charge in [-0.15, -0.1) is 11.3 Å². The van der Waals surface area contributed by atoms with Gasteiger partial charge in [0, 0.05) is 21.3 Å². The van der Waals surface area contributed by atoms with Crippen LogP contribution in [0.2, 0.25) is 0 Å². The molecule has 1 aliphatic carbocycles. The normalized spacial score (nSPS) is 23.5. The standard InChI is InChI=1S/C16H18BrNS/c1-11-4-2-6-13(8-11)16-18-15(10-19-16)12-5-3-7-14(17)9-12/h3,5,7,9-11,13H,2,4,6,8H2,1H3. The van der Waals surface area contributed by atoms with Crippen molar-refractivity contribution in [2.45, 2.75) is 38.5 Å². The predicted molar refractivity (Wildman–Crippen MR) is 85.6 cm³/mol. The van der Waals surface area contributed by atoms with Gasteiger partial charge in [-0.25, -0.2) is 4.98 Å². The maximum absolute atomic E-state index is 4.88. The first-order valence-corrected chi connectivity index (χ1v) is 8.61. The van der Waals surface area contributed by atoms with Crippen LogP contribution in [0.15, 0.2) is 34.1 Å². The fourth-order valence-corrected chi connectivity index (χ4v) is 4.29. The molecule has 1 nitrogen and oxygen atoms in total. The quantitative estimate of drug-likeness (QED) is 0.669. The van der Waals surface area contributed by atoms with Crippen molar-refractivity contribution in [1.82, 2.24) is 4.98 Å². The second kappa shape index (κ2) is 5.76. The first-order chi connectivity index (χ1) is 9.22. The highest BCUT2D eigenvalue weighted by Gasteiger charge is 2.22. The van der Waals surface area contributed by atoms with Gasteiger partial charge in [0.15, 0.2) is 0 Å². The molecule has 2 atom stereocenters. The summed E-state index contributed by atoms with van der Waals surface area (Å²) in [5, 5.41) is 3.54. The third-order valence-electron chi connectivity index (χ3n) is 3.93. The second-order valence-corrected chi connectivity index (χ2v) is 7.36. The summed E-state index contributed by atoms with van der Waals surface area (Å²) in [4.78, 5) is 4.88. The summed E-state index contributed by atoms with van der Waals surface area (Å²) in [5.41, 5.74) is 2.33. The second-order valence-electron chi connectivity index (χ2n) is 5.55. The molecule has 0 radical (unpaired) electrons. The van der Waals surface area contributed by atoms with Crippen molar-refractivity contribution in [2.75, 3.05) is 0 Å². The average Bonchev–Trinajstić information content (AvgIpc) is 2.88. The Bertz CT molecular complexity index is 563. The monoisotopic (exact) mass is 335 g/mol. The Kier molecular flexibility index (Phi) is 4.04. The molecule has 1 aromatic carbocycles. The van der Waals surface area contributed by atoms with Crippen molar-refractivity contribution >= 4 is 27.3 Å². The molecule has 1 fully saturated rings. The van der Waals surface area contributed by atoms with Crippen molar-refractivity contribution in [1.29, 1.82) is 0 Å². The largest absolute Gasteiger partial charge is 0.241 e. The summed E-state index contributed by atoms with van der Waals surface area (Å²) in [6.45, 7) is 2.37. The maximum atomic E-state index is 4.88. The van der Waals surface area contributed by atoms with Crippen molar-refractivity contribution in [3.8, 4) is 11.3 Å². The molecule has 1 heterocycles. The lowest BCUT2D eigenvalue weighted by Gasteiger charge is -2.24. The highest BCUT2D eigenvalue weighted by Crippen LogP contribution is 2.38. The molecule has 3 rings (SSSR count). The lowest BCUT2D eigenvalue weighted by molar-refractivity contribution is 0.343.